The van der Waals surface area contributed by atoms with E-state index in [1.165, 1.54) is 6.07 Å². The van der Waals surface area contributed by atoms with Gasteiger partial charge in [0.25, 0.3) is 0 Å². The van der Waals surface area contributed by atoms with Crippen molar-refractivity contribution in [1.82, 2.24) is 4.90 Å². The Morgan fingerprint density at radius 3 is 2.61 bits per heavy atom. The quantitative estimate of drug-likeness (QED) is 0.438. The molecule has 1 fully saturated rings. The van der Waals surface area contributed by atoms with E-state index in [4.69, 9.17) is 32.1 Å². The second-order valence-electron chi connectivity index (χ2n) is 8.49. The number of nitriles is 1. The van der Waals surface area contributed by atoms with Gasteiger partial charge >= 0.3 is 12.0 Å². The number of primary amides is 1. The second-order valence-corrected chi connectivity index (χ2v) is 10.8. The first kappa shape index (κ1) is 28.8. The molecule has 2 aromatic rings. The van der Waals surface area contributed by atoms with E-state index in [-0.39, 0.29) is 30.0 Å². The zero-order valence-electron chi connectivity index (χ0n) is 20.9. The first-order chi connectivity index (χ1) is 18.1. The van der Waals surface area contributed by atoms with E-state index in [2.05, 4.69) is 6.07 Å². The maximum atomic E-state index is 13.2. The summed E-state index contributed by atoms with van der Waals surface area (Å²) >= 11 is 6.47. The van der Waals surface area contributed by atoms with Gasteiger partial charge in [0.2, 0.25) is 10.0 Å². The Kier molecular flexibility index (Phi) is 9.98. The summed E-state index contributed by atoms with van der Waals surface area (Å²) in [5.74, 6) is -1.33. The highest BCUT2D eigenvalue weighted by atomic mass is 35.5. The van der Waals surface area contributed by atoms with Crippen LogP contribution in [0.2, 0.25) is 5.02 Å². The third-order valence-corrected chi connectivity index (χ3v) is 7.72. The number of ether oxygens (including phenoxy) is 2. The number of halogens is 1. The number of urea groups is 1. The number of piperidine rings is 1. The summed E-state index contributed by atoms with van der Waals surface area (Å²) in [6.07, 6.45) is 4.29. The summed E-state index contributed by atoms with van der Waals surface area (Å²) in [4.78, 5) is 24.9. The van der Waals surface area contributed by atoms with Crippen LogP contribution in [0.25, 0.3) is 6.08 Å². The van der Waals surface area contributed by atoms with Crippen LogP contribution in [0.3, 0.4) is 0 Å². The minimum Gasteiger partial charge on any atom is -0.489 e. The van der Waals surface area contributed by atoms with Gasteiger partial charge in [0.05, 0.1) is 35.5 Å². The number of sulfonamides is 1. The number of hydrogen-bond donors (Lipinski definition) is 1. The lowest BCUT2D eigenvalue weighted by Gasteiger charge is -2.31. The van der Waals surface area contributed by atoms with E-state index in [0.717, 1.165) is 9.87 Å². The number of likely N-dealkylation sites (tertiary alicyclic amines) is 1. The number of hydrogen-bond acceptors (Lipinski definition) is 7. The first-order valence-corrected chi connectivity index (χ1v) is 13.9. The highest BCUT2D eigenvalue weighted by molar-refractivity contribution is 7.93. The van der Waals surface area contributed by atoms with Crippen molar-refractivity contribution in [3.8, 4) is 11.8 Å². The second kappa shape index (κ2) is 13.2. The van der Waals surface area contributed by atoms with Gasteiger partial charge in [-0.05, 0) is 42.8 Å². The molecule has 0 aromatic heterocycles. The molecule has 0 radical (unpaired) electrons. The van der Waals surface area contributed by atoms with Crippen LogP contribution in [-0.4, -0.2) is 63.4 Å². The number of esters is 1. The fraction of sp³-hybridized carbons (Fsp3) is 0.346. The van der Waals surface area contributed by atoms with Crippen molar-refractivity contribution >= 4 is 45.4 Å². The molecule has 2 aromatic carbocycles. The predicted octanol–water partition coefficient (Wildman–Crippen LogP) is 3.55. The fourth-order valence-corrected chi connectivity index (χ4v) is 5.42. The smallest absolute Gasteiger partial charge is 0.323 e. The van der Waals surface area contributed by atoms with Gasteiger partial charge in [0.15, 0.2) is 5.75 Å². The average molecular weight is 561 g/mol. The lowest BCUT2D eigenvalue weighted by Crippen LogP contribution is -2.44. The summed E-state index contributed by atoms with van der Waals surface area (Å²) < 4.78 is 38.3. The minimum absolute atomic E-state index is 0.0553. The van der Waals surface area contributed by atoms with Gasteiger partial charge in [-0.15, -0.1) is 0 Å². The van der Waals surface area contributed by atoms with Crippen LogP contribution < -0.4 is 14.8 Å². The molecule has 0 aliphatic carbocycles. The van der Waals surface area contributed by atoms with Gasteiger partial charge in [-0.3, -0.25) is 9.10 Å². The van der Waals surface area contributed by atoms with E-state index in [1.54, 1.807) is 60.4 Å². The van der Waals surface area contributed by atoms with Crippen LogP contribution in [-0.2, 0) is 19.6 Å². The van der Waals surface area contributed by atoms with Gasteiger partial charge in [-0.2, -0.15) is 5.26 Å². The molecular weight excluding hydrogens is 532 g/mol. The van der Waals surface area contributed by atoms with Crippen LogP contribution in [0.15, 0.2) is 48.5 Å². The molecular formula is C26H29ClN4O6S. The number of nitrogens with two attached hydrogens (primary N) is 1. The zero-order chi connectivity index (χ0) is 27.7. The number of anilines is 1. The van der Waals surface area contributed by atoms with E-state index >= 15 is 0 Å². The fourth-order valence-electron chi connectivity index (χ4n) is 3.92. The highest BCUT2D eigenvalue weighted by Crippen LogP contribution is 2.32. The van der Waals surface area contributed by atoms with Crippen LogP contribution in [0, 0.1) is 11.3 Å². The maximum Gasteiger partial charge on any atom is 0.323 e. The van der Waals surface area contributed by atoms with Gasteiger partial charge in [-0.1, -0.05) is 35.9 Å². The van der Waals surface area contributed by atoms with E-state index in [0.29, 0.717) is 37.2 Å². The third-order valence-electron chi connectivity index (χ3n) is 5.79. The molecule has 12 heteroatoms. The molecule has 3 rings (SSSR count). The minimum atomic E-state index is -4.13. The van der Waals surface area contributed by atoms with Gasteiger partial charge in [-0.25, -0.2) is 13.2 Å². The number of amides is 2. The molecule has 1 saturated heterocycles. The Balaban J connectivity index is 1.81. The summed E-state index contributed by atoms with van der Waals surface area (Å²) in [5.41, 5.74) is 6.76. The number of rotatable bonds is 10. The summed E-state index contributed by atoms with van der Waals surface area (Å²) in [5, 5.41) is 9.29. The predicted molar refractivity (Wildman–Crippen MR) is 144 cm³/mol. The Morgan fingerprint density at radius 2 is 1.97 bits per heavy atom. The van der Waals surface area contributed by atoms with Crippen molar-refractivity contribution in [1.29, 1.82) is 5.26 Å². The number of carbonyl (C=O) groups is 2. The Labute approximate surface area is 227 Å². The normalized spacial score (nSPS) is 14.2. The Hall–Kier alpha value is -3.75. The third kappa shape index (κ3) is 7.87. The van der Waals surface area contributed by atoms with Crippen molar-refractivity contribution in [2.75, 3.05) is 36.3 Å². The monoisotopic (exact) mass is 560 g/mol. The molecule has 2 N–H and O–H groups in total. The zero-order valence-corrected chi connectivity index (χ0v) is 22.5. The van der Waals surface area contributed by atoms with E-state index in [9.17, 15) is 18.0 Å². The Bertz CT molecular complexity index is 1330. The average Bonchev–Trinajstić information content (AvgIpc) is 2.88. The molecule has 2 amide bonds. The van der Waals surface area contributed by atoms with Crippen molar-refractivity contribution in [3.63, 3.8) is 0 Å². The molecule has 1 heterocycles. The molecule has 202 valence electrons. The number of carbonyl (C=O) groups excluding carboxylic acids is 2. The molecule has 0 spiro atoms. The summed E-state index contributed by atoms with van der Waals surface area (Å²) in [6.45, 7) is 2.50. The highest BCUT2D eigenvalue weighted by Gasteiger charge is 2.27. The standard InChI is InChI=1S/C26H29ClN4O6S/c1-2-36-25(32)18-38(34,35)31(12-4-7-19-5-3-6-20(15-19)17-28)21-8-9-24(23(27)16-21)37-22-10-13-30(14-11-22)26(29)33/h3-9,15-16,22H,2,10-14,18H2,1H3,(H2,29,33)/b7-4+. The van der Waals surface area contributed by atoms with Crippen molar-refractivity contribution < 1.29 is 27.5 Å². The molecule has 0 saturated carbocycles. The lowest BCUT2D eigenvalue weighted by atomic mass is 10.1. The number of benzene rings is 2. The van der Waals surface area contributed by atoms with Crippen LogP contribution in [0.5, 0.6) is 5.75 Å². The Morgan fingerprint density at radius 1 is 1.24 bits per heavy atom. The van der Waals surface area contributed by atoms with E-state index in [1.807, 2.05) is 0 Å². The van der Waals surface area contributed by atoms with Gasteiger partial charge < -0.3 is 20.1 Å². The van der Waals surface area contributed by atoms with Gasteiger partial charge in [0.1, 0.15) is 11.9 Å². The van der Waals surface area contributed by atoms with E-state index < -0.39 is 27.8 Å². The first-order valence-electron chi connectivity index (χ1n) is 12.0. The van der Waals surface area contributed by atoms with Crippen LogP contribution in [0.1, 0.15) is 30.9 Å². The maximum absolute atomic E-state index is 13.2. The SMILES string of the molecule is CCOC(=O)CS(=O)(=O)N(C/C=C/c1cccc(C#N)c1)c1ccc(OC2CCN(C(N)=O)CC2)c(Cl)c1. The van der Waals surface area contributed by atoms with Crippen molar-refractivity contribution in [3.05, 3.63) is 64.7 Å². The molecule has 1 aliphatic rings. The number of nitrogens with zero attached hydrogens (tertiary/aromatic N) is 3. The summed E-state index contributed by atoms with van der Waals surface area (Å²) in [6, 6.07) is 13.0. The molecule has 0 atom stereocenters. The molecule has 38 heavy (non-hydrogen) atoms. The molecule has 0 unspecified atom stereocenters. The molecule has 1 aliphatic heterocycles. The van der Waals surface area contributed by atoms with Crippen molar-refractivity contribution in [2.45, 2.75) is 25.9 Å². The van der Waals surface area contributed by atoms with Crippen LogP contribution >= 0.6 is 11.6 Å². The summed E-state index contributed by atoms with van der Waals surface area (Å²) in [7, 11) is -4.13. The lowest BCUT2D eigenvalue weighted by molar-refractivity contribution is -0.139. The molecule has 10 nitrogen and oxygen atoms in total. The van der Waals surface area contributed by atoms with Gasteiger partial charge in [0, 0.05) is 25.9 Å². The molecule has 0 bridgehead atoms. The topological polar surface area (TPSA) is 143 Å². The van der Waals surface area contributed by atoms with Crippen LogP contribution in [0.4, 0.5) is 10.5 Å². The largest absolute Gasteiger partial charge is 0.489 e. The van der Waals surface area contributed by atoms with Crippen molar-refractivity contribution in [2.24, 2.45) is 5.73 Å².